The van der Waals surface area contributed by atoms with E-state index in [4.69, 9.17) is 4.74 Å². The molecule has 108 valence electrons. The second kappa shape index (κ2) is 6.57. The molecule has 4 heteroatoms. The lowest BCUT2D eigenvalue weighted by atomic mass is 10.0. The van der Waals surface area contributed by atoms with Crippen LogP contribution in [0.4, 0.5) is 0 Å². The third-order valence-electron chi connectivity index (χ3n) is 3.42. The fourth-order valence-corrected chi connectivity index (χ4v) is 2.23. The molecule has 1 N–H and O–H groups in total. The van der Waals surface area contributed by atoms with Crippen molar-refractivity contribution in [1.82, 2.24) is 14.9 Å². The summed E-state index contributed by atoms with van der Waals surface area (Å²) in [5, 5.41) is 3.43. The van der Waals surface area contributed by atoms with E-state index in [1.54, 1.807) is 6.20 Å². The van der Waals surface area contributed by atoms with E-state index >= 15 is 0 Å². The fourth-order valence-electron chi connectivity index (χ4n) is 2.23. The van der Waals surface area contributed by atoms with Gasteiger partial charge in [-0.2, -0.15) is 0 Å². The zero-order chi connectivity index (χ0) is 14.5. The van der Waals surface area contributed by atoms with Crippen molar-refractivity contribution in [3.63, 3.8) is 0 Å². The van der Waals surface area contributed by atoms with Crippen molar-refractivity contribution < 1.29 is 4.74 Å². The predicted molar refractivity (Wildman–Crippen MR) is 80.8 cm³/mol. The molecule has 20 heavy (non-hydrogen) atoms. The Bertz CT molecular complexity index is 563. The number of hydrogen-bond acceptors (Lipinski definition) is 3. The summed E-state index contributed by atoms with van der Waals surface area (Å²) in [4.78, 5) is 4.28. The number of nitrogens with one attached hydrogen (secondary N) is 1. The molecular weight excluding hydrogens is 250 g/mol. The normalized spacial score (nSPS) is 12.4. The van der Waals surface area contributed by atoms with Crippen LogP contribution in [0.1, 0.15) is 36.8 Å². The van der Waals surface area contributed by atoms with Gasteiger partial charge in [0.15, 0.2) is 0 Å². The zero-order valence-corrected chi connectivity index (χ0v) is 12.7. The van der Waals surface area contributed by atoms with Crippen LogP contribution in [0.5, 0.6) is 5.75 Å². The smallest absolute Gasteiger partial charge is 0.146 e. The van der Waals surface area contributed by atoms with Crippen molar-refractivity contribution in [2.45, 2.75) is 33.4 Å². The van der Waals surface area contributed by atoms with E-state index in [-0.39, 0.29) is 6.04 Å². The van der Waals surface area contributed by atoms with E-state index in [0.717, 1.165) is 18.1 Å². The molecule has 2 rings (SSSR count). The second-order valence-electron chi connectivity index (χ2n) is 5.06. The van der Waals surface area contributed by atoms with Gasteiger partial charge >= 0.3 is 0 Å². The highest BCUT2D eigenvalue weighted by atomic mass is 16.5. The summed E-state index contributed by atoms with van der Waals surface area (Å²) in [5.41, 5.74) is 2.44. The van der Waals surface area contributed by atoms with Crippen molar-refractivity contribution >= 4 is 0 Å². The number of aromatic nitrogens is 2. The number of hydrogen-bond donors (Lipinski definition) is 1. The molecule has 0 fully saturated rings. The van der Waals surface area contributed by atoms with Gasteiger partial charge in [-0.05, 0) is 26.5 Å². The van der Waals surface area contributed by atoms with Gasteiger partial charge in [-0.15, -0.1) is 0 Å². The van der Waals surface area contributed by atoms with Crippen molar-refractivity contribution in [3.05, 3.63) is 47.5 Å². The van der Waals surface area contributed by atoms with Crippen molar-refractivity contribution in [3.8, 4) is 5.75 Å². The van der Waals surface area contributed by atoms with E-state index in [2.05, 4.69) is 43.2 Å². The largest absolute Gasteiger partial charge is 0.485 e. The summed E-state index contributed by atoms with van der Waals surface area (Å²) in [6.07, 6.45) is 3.71. The maximum atomic E-state index is 5.96. The van der Waals surface area contributed by atoms with E-state index in [1.807, 2.05) is 23.9 Å². The molecule has 1 unspecified atom stereocenters. The number of imidazole rings is 1. The van der Waals surface area contributed by atoms with Crippen molar-refractivity contribution in [2.24, 2.45) is 7.05 Å². The maximum Gasteiger partial charge on any atom is 0.146 e. The molecule has 0 bridgehead atoms. The topological polar surface area (TPSA) is 39.1 Å². The molecule has 0 saturated carbocycles. The lowest BCUT2D eigenvalue weighted by molar-refractivity contribution is 0.286. The molecule has 4 nitrogen and oxygen atoms in total. The SMILES string of the molecule is CCNC(C)c1cc(C)ccc1OCc1nccn1C. The van der Waals surface area contributed by atoms with Crippen LogP contribution in [0.3, 0.4) is 0 Å². The average Bonchev–Trinajstić information content (AvgIpc) is 2.83. The molecule has 1 atom stereocenters. The number of rotatable bonds is 6. The number of nitrogens with zero attached hydrogens (tertiary/aromatic N) is 2. The Balaban J connectivity index is 2.16. The van der Waals surface area contributed by atoms with E-state index in [1.165, 1.54) is 11.1 Å². The highest BCUT2D eigenvalue weighted by Crippen LogP contribution is 2.27. The van der Waals surface area contributed by atoms with Crippen molar-refractivity contribution in [2.75, 3.05) is 6.54 Å². The Morgan fingerprint density at radius 3 is 2.85 bits per heavy atom. The minimum absolute atomic E-state index is 0.274. The molecule has 2 aromatic rings. The van der Waals surface area contributed by atoms with Crippen LogP contribution >= 0.6 is 0 Å². The molecule has 0 amide bonds. The summed E-state index contributed by atoms with van der Waals surface area (Å²) < 4.78 is 7.94. The van der Waals surface area contributed by atoms with Crippen LogP contribution in [-0.4, -0.2) is 16.1 Å². The summed E-state index contributed by atoms with van der Waals surface area (Å²) in [6, 6.07) is 6.58. The standard InChI is InChI=1S/C16H23N3O/c1-5-17-13(3)14-10-12(2)6-7-15(14)20-11-16-18-8-9-19(16)4/h6-10,13,17H,5,11H2,1-4H3. The number of aryl methyl sites for hydroxylation is 2. The monoisotopic (exact) mass is 273 g/mol. The molecule has 0 radical (unpaired) electrons. The summed E-state index contributed by atoms with van der Waals surface area (Å²) >= 11 is 0. The van der Waals surface area contributed by atoms with E-state index in [0.29, 0.717) is 6.61 Å². The van der Waals surface area contributed by atoms with Gasteiger partial charge in [0.1, 0.15) is 18.2 Å². The Morgan fingerprint density at radius 2 is 2.20 bits per heavy atom. The summed E-state index contributed by atoms with van der Waals surface area (Å²) in [5.74, 6) is 1.85. The third kappa shape index (κ3) is 3.39. The van der Waals surface area contributed by atoms with Crippen LogP contribution in [0, 0.1) is 6.92 Å². The molecule has 0 aliphatic heterocycles. The second-order valence-corrected chi connectivity index (χ2v) is 5.06. The molecule has 1 aromatic carbocycles. The first kappa shape index (κ1) is 14.6. The summed E-state index contributed by atoms with van der Waals surface area (Å²) in [7, 11) is 1.98. The van der Waals surface area contributed by atoms with Crippen LogP contribution < -0.4 is 10.1 Å². The lowest BCUT2D eigenvalue weighted by Crippen LogP contribution is -2.18. The highest BCUT2D eigenvalue weighted by molar-refractivity contribution is 5.39. The molecular formula is C16H23N3O. The van der Waals surface area contributed by atoms with Crippen LogP contribution in [0.15, 0.2) is 30.6 Å². The molecule has 1 aromatic heterocycles. The molecule has 0 spiro atoms. The van der Waals surface area contributed by atoms with Gasteiger partial charge in [-0.1, -0.05) is 24.6 Å². The van der Waals surface area contributed by atoms with Crippen LogP contribution in [-0.2, 0) is 13.7 Å². The van der Waals surface area contributed by atoms with Gasteiger partial charge in [0, 0.05) is 31.0 Å². The van der Waals surface area contributed by atoms with E-state index in [9.17, 15) is 0 Å². The van der Waals surface area contributed by atoms with Crippen LogP contribution in [0.25, 0.3) is 0 Å². The molecule has 1 heterocycles. The van der Waals surface area contributed by atoms with Gasteiger partial charge in [-0.3, -0.25) is 0 Å². The Hall–Kier alpha value is -1.81. The van der Waals surface area contributed by atoms with E-state index < -0.39 is 0 Å². The molecule has 0 saturated heterocycles. The highest BCUT2D eigenvalue weighted by Gasteiger charge is 2.12. The van der Waals surface area contributed by atoms with Gasteiger partial charge in [-0.25, -0.2) is 4.98 Å². The van der Waals surface area contributed by atoms with Gasteiger partial charge in [0.2, 0.25) is 0 Å². The average molecular weight is 273 g/mol. The minimum atomic E-state index is 0.274. The Labute approximate surface area is 120 Å². The number of benzene rings is 1. The quantitative estimate of drug-likeness (QED) is 0.879. The first-order valence-electron chi connectivity index (χ1n) is 7.04. The van der Waals surface area contributed by atoms with Gasteiger partial charge < -0.3 is 14.6 Å². The first-order valence-corrected chi connectivity index (χ1v) is 7.04. The fraction of sp³-hybridized carbons (Fsp3) is 0.438. The predicted octanol–water partition coefficient (Wildman–Crippen LogP) is 2.98. The van der Waals surface area contributed by atoms with Gasteiger partial charge in [0.05, 0.1) is 0 Å². The van der Waals surface area contributed by atoms with Crippen molar-refractivity contribution in [1.29, 1.82) is 0 Å². The molecule has 0 aliphatic rings. The Kier molecular flexibility index (Phi) is 4.79. The Morgan fingerprint density at radius 1 is 1.40 bits per heavy atom. The first-order chi connectivity index (χ1) is 9.61. The third-order valence-corrected chi connectivity index (χ3v) is 3.42. The van der Waals surface area contributed by atoms with Gasteiger partial charge in [0.25, 0.3) is 0 Å². The number of ether oxygens (including phenoxy) is 1. The maximum absolute atomic E-state index is 5.96. The zero-order valence-electron chi connectivity index (χ0n) is 12.7. The minimum Gasteiger partial charge on any atom is -0.485 e. The van der Waals surface area contributed by atoms with Crippen LogP contribution in [0.2, 0.25) is 0 Å². The summed E-state index contributed by atoms with van der Waals surface area (Å²) in [6.45, 7) is 7.80. The lowest BCUT2D eigenvalue weighted by Gasteiger charge is -2.18. The molecule has 0 aliphatic carbocycles.